The second kappa shape index (κ2) is 10.1. The third kappa shape index (κ3) is 4.77. The van der Waals surface area contributed by atoms with E-state index in [0.717, 1.165) is 33.0 Å². The van der Waals surface area contributed by atoms with E-state index in [4.69, 9.17) is 9.47 Å². The van der Waals surface area contributed by atoms with Crippen LogP contribution in [0.5, 0.6) is 11.5 Å². The van der Waals surface area contributed by atoms with Crippen LogP contribution < -0.4 is 9.47 Å². The van der Waals surface area contributed by atoms with Crippen LogP contribution in [0.3, 0.4) is 0 Å². The summed E-state index contributed by atoms with van der Waals surface area (Å²) < 4.78 is 15.9. The minimum atomic E-state index is -1.01. The Morgan fingerprint density at radius 2 is 1.48 bits per heavy atom. The number of nitrogens with zero attached hydrogens (tertiary/aromatic N) is 2. The molecule has 5 rings (SSSR count). The zero-order chi connectivity index (χ0) is 28.8. The van der Waals surface area contributed by atoms with Crippen LogP contribution in [-0.4, -0.2) is 37.9 Å². The van der Waals surface area contributed by atoms with E-state index in [2.05, 4.69) is 0 Å². The fourth-order valence-corrected chi connectivity index (χ4v) is 5.25. The van der Waals surface area contributed by atoms with E-state index in [-0.39, 0.29) is 18.0 Å². The van der Waals surface area contributed by atoms with Crippen molar-refractivity contribution in [3.05, 3.63) is 94.8 Å². The van der Waals surface area contributed by atoms with Gasteiger partial charge in [-0.2, -0.15) is 0 Å². The highest BCUT2D eigenvalue weighted by atomic mass is 16.5. The number of hydrogen-bond acceptors (Lipinski definition) is 4. The first-order chi connectivity index (χ1) is 19.0. The van der Waals surface area contributed by atoms with Gasteiger partial charge in [0, 0.05) is 30.3 Å². The number of benzene rings is 3. The van der Waals surface area contributed by atoms with Gasteiger partial charge in [0.1, 0.15) is 29.5 Å². The van der Waals surface area contributed by atoms with Crippen LogP contribution >= 0.6 is 0 Å². The highest BCUT2D eigenvalue weighted by molar-refractivity contribution is 5.98. The number of rotatable bonds is 9. The van der Waals surface area contributed by atoms with Crippen LogP contribution in [-0.2, 0) is 26.1 Å². The highest BCUT2D eigenvalue weighted by Crippen LogP contribution is 2.38. The number of hydrogen-bond donors (Lipinski definition) is 2. The number of carbonyl (C=O) groups is 2. The summed E-state index contributed by atoms with van der Waals surface area (Å²) in [6.07, 6.45) is 0. The monoisotopic (exact) mass is 540 g/mol. The molecule has 2 N–H and O–H groups in total. The van der Waals surface area contributed by atoms with Gasteiger partial charge in [0.05, 0.1) is 17.6 Å². The Morgan fingerprint density at radius 3 is 2.15 bits per heavy atom. The summed E-state index contributed by atoms with van der Waals surface area (Å²) in [7, 11) is 3.47. The van der Waals surface area contributed by atoms with E-state index < -0.39 is 17.4 Å². The fraction of sp³-hybridized carbons (Fsp3) is 0.250. The quantitative estimate of drug-likeness (QED) is 0.227. The average molecular weight is 541 g/mol. The molecular formula is C32H32N2O6. The molecule has 8 nitrogen and oxygen atoms in total. The predicted octanol–water partition coefficient (Wildman–Crippen LogP) is 6.31. The SMILES string of the molecule is Cc1ccc(OCC(C)(C)c2cc(OCc3ccccc3)cc3cc(C(=O)O)n(C)c23)c2c1cc(C(=O)O)n2C. The fourth-order valence-electron chi connectivity index (χ4n) is 5.25. The van der Waals surface area contributed by atoms with Crippen molar-refractivity contribution in [1.29, 1.82) is 0 Å². The van der Waals surface area contributed by atoms with Crippen molar-refractivity contribution >= 4 is 33.7 Å². The molecule has 0 radical (unpaired) electrons. The molecule has 40 heavy (non-hydrogen) atoms. The van der Waals surface area contributed by atoms with E-state index in [9.17, 15) is 19.8 Å². The summed E-state index contributed by atoms with van der Waals surface area (Å²) in [4.78, 5) is 23.8. The molecule has 8 heteroatoms. The summed E-state index contributed by atoms with van der Waals surface area (Å²) in [5.74, 6) is -0.801. The minimum absolute atomic E-state index is 0.179. The van der Waals surface area contributed by atoms with Crippen molar-refractivity contribution in [1.82, 2.24) is 9.13 Å². The third-order valence-electron chi connectivity index (χ3n) is 7.48. The number of aromatic nitrogens is 2. The van der Waals surface area contributed by atoms with Crippen molar-refractivity contribution in [2.45, 2.75) is 32.8 Å². The molecule has 0 saturated heterocycles. The number of aryl methyl sites for hydroxylation is 3. The lowest BCUT2D eigenvalue weighted by Gasteiger charge is -2.28. The molecule has 3 aromatic carbocycles. The summed E-state index contributed by atoms with van der Waals surface area (Å²) >= 11 is 0. The van der Waals surface area contributed by atoms with Crippen LogP contribution in [0.25, 0.3) is 21.8 Å². The maximum absolute atomic E-state index is 12.0. The molecule has 0 fully saturated rings. The van der Waals surface area contributed by atoms with Gasteiger partial charge in [-0.3, -0.25) is 0 Å². The smallest absolute Gasteiger partial charge is 0.352 e. The maximum Gasteiger partial charge on any atom is 0.352 e. The summed E-state index contributed by atoms with van der Waals surface area (Å²) in [6, 6.07) is 20.8. The summed E-state index contributed by atoms with van der Waals surface area (Å²) in [6.45, 7) is 6.64. The Kier molecular flexibility index (Phi) is 6.79. The first kappa shape index (κ1) is 26.9. The standard InChI is InChI=1S/C32H32N2O6/c1-19-11-12-27(29-23(19)16-26(31(37)38)34(29)5)40-18-32(2,3)24-15-22(39-17-20-9-7-6-8-10-20)13-21-14-25(30(35)36)33(4)28(21)24/h6-16H,17-18H2,1-5H3,(H,35,36)(H,37,38). The summed E-state index contributed by atoms with van der Waals surface area (Å²) in [5.41, 5.74) is 4.15. The van der Waals surface area contributed by atoms with Gasteiger partial charge in [-0.25, -0.2) is 9.59 Å². The van der Waals surface area contributed by atoms with Crippen molar-refractivity contribution in [2.24, 2.45) is 14.1 Å². The second-order valence-corrected chi connectivity index (χ2v) is 10.8. The molecule has 0 aliphatic carbocycles. The average Bonchev–Trinajstić information content (AvgIpc) is 3.45. The number of fused-ring (bicyclic) bond motifs is 2. The van der Waals surface area contributed by atoms with Crippen LogP contribution in [0.1, 0.15) is 51.5 Å². The topological polar surface area (TPSA) is 103 Å². The maximum atomic E-state index is 12.0. The number of aromatic carboxylic acids is 2. The van der Waals surface area contributed by atoms with Crippen LogP contribution in [0, 0.1) is 6.92 Å². The van der Waals surface area contributed by atoms with E-state index in [1.165, 1.54) is 0 Å². The molecule has 0 aliphatic rings. The number of carboxylic acids is 2. The van der Waals surface area contributed by atoms with Gasteiger partial charge in [0.2, 0.25) is 0 Å². The minimum Gasteiger partial charge on any atom is -0.490 e. The van der Waals surface area contributed by atoms with Crippen LogP contribution in [0.2, 0.25) is 0 Å². The first-order valence-corrected chi connectivity index (χ1v) is 13.0. The first-order valence-electron chi connectivity index (χ1n) is 13.0. The van der Waals surface area contributed by atoms with Crippen molar-refractivity contribution < 1.29 is 29.3 Å². The molecule has 2 aromatic heterocycles. The van der Waals surface area contributed by atoms with E-state index in [0.29, 0.717) is 23.6 Å². The molecule has 0 saturated carbocycles. The molecule has 0 atom stereocenters. The molecule has 0 bridgehead atoms. The third-order valence-corrected chi connectivity index (χ3v) is 7.48. The Balaban J connectivity index is 1.54. The van der Waals surface area contributed by atoms with Gasteiger partial charge in [-0.1, -0.05) is 50.2 Å². The molecule has 2 heterocycles. The van der Waals surface area contributed by atoms with Gasteiger partial charge in [0.15, 0.2) is 0 Å². The Labute approximate surface area is 232 Å². The van der Waals surface area contributed by atoms with Crippen molar-refractivity contribution in [2.75, 3.05) is 6.61 Å². The lowest BCUT2D eigenvalue weighted by Crippen LogP contribution is -2.27. The zero-order valence-corrected chi connectivity index (χ0v) is 23.2. The van der Waals surface area contributed by atoms with Gasteiger partial charge < -0.3 is 28.8 Å². The van der Waals surface area contributed by atoms with Crippen LogP contribution in [0.15, 0.2) is 66.7 Å². The zero-order valence-electron chi connectivity index (χ0n) is 23.2. The Morgan fingerprint density at radius 1 is 0.825 bits per heavy atom. The number of ether oxygens (including phenoxy) is 2. The Bertz CT molecular complexity index is 1760. The second-order valence-electron chi connectivity index (χ2n) is 10.8. The van der Waals surface area contributed by atoms with E-state index in [1.807, 2.05) is 75.4 Å². The van der Waals surface area contributed by atoms with Crippen molar-refractivity contribution in [3.63, 3.8) is 0 Å². The highest BCUT2D eigenvalue weighted by Gasteiger charge is 2.29. The lowest BCUT2D eigenvalue weighted by molar-refractivity contribution is 0.0676. The normalized spacial score (nSPS) is 11.7. The summed E-state index contributed by atoms with van der Waals surface area (Å²) in [5, 5.41) is 21.0. The van der Waals surface area contributed by atoms with Crippen LogP contribution in [0.4, 0.5) is 0 Å². The van der Waals surface area contributed by atoms with Crippen molar-refractivity contribution in [3.8, 4) is 11.5 Å². The lowest BCUT2D eigenvalue weighted by atomic mass is 9.84. The molecular weight excluding hydrogens is 508 g/mol. The molecule has 0 aliphatic heterocycles. The van der Waals surface area contributed by atoms with Gasteiger partial charge in [0.25, 0.3) is 0 Å². The Hall–Kier alpha value is -4.72. The molecule has 0 unspecified atom stereocenters. The van der Waals surface area contributed by atoms with E-state index in [1.54, 1.807) is 35.4 Å². The van der Waals surface area contributed by atoms with Gasteiger partial charge >= 0.3 is 11.9 Å². The molecule has 0 spiro atoms. The molecule has 206 valence electrons. The van der Waals surface area contributed by atoms with E-state index >= 15 is 0 Å². The van der Waals surface area contributed by atoms with Gasteiger partial charge in [-0.15, -0.1) is 0 Å². The van der Waals surface area contributed by atoms with Gasteiger partial charge in [-0.05, 0) is 53.9 Å². The largest absolute Gasteiger partial charge is 0.490 e. The predicted molar refractivity (Wildman–Crippen MR) is 154 cm³/mol. The molecule has 5 aromatic rings. The number of carboxylic acid groups (broad SMARTS) is 2. The molecule has 0 amide bonds.